The summed E-state index contributed by atoms with van der Waals surface area (Å²) in [6.45, 7) is 14.1. The van der Waals surface area contributed by atoms with E-state index in [0.717, 1.165) is 12.2 Å². The van der Waals surface area contributed by atoms with Gasteiger partial charge >= 0.3 is 0 Å². The SMILES string of the molecule is CC(C)C(C)(C)Cn1cncc1C(C)(C)N. The largest absolute Gasteiger partial charge is 0.332 e. The van der Waals surface area contributed by atoms with Crippen LogP contribution in [0.3, 0.4) is 0 Å². The Kier molecular flexibility index (Phi) is 3.48. The van der Waals surface area contributed by atoms with Crippen molar-refractivity contribution in [1.29, 1.82) is 0 Å². The van der Waals surface area contributed by atoms with Crippen molar-refractivity contribution < 1.29 is 0 Å². The fraction of sp³-hybridized carbons (Fsp3) is 0.769. The van der Waals surface area contributed by atoms with Gasteiger partial charge in [0.05, 0.1) is 17.6 Å². The predicted octanol–water partition coefficient (Wildman–Crippen LogP) is 2.76. The van der Waals surface area contributed by atoms with E-state index in [1.807, 2.05) is 26.4 Å². The van der Waals surface area contributed by atoms with E-state index in [2.05, 4.69) is 37.2 Å². The molecule has 2 N–H and O–H groups in total. The van der Waals surface area contributed by atoms with Crippen LogP contribution in [0.15, 0.2) is 12.5 Å². The predicted molar refractivity (Wildman–Crippen MR) is 68.1 cm³/mol. The van der Waals surface area contributed by atoms with Crippen LogP contribution in [0.25, 0.3) is 0 Å². The molecule has 3 nitrogen and oxygen atoms in total. The summed E-state index contributed by atoms with van der Waals surface area (Å²) < 4.78 is 2.18. The summed E-state index contributed by atoms with van der Waals surface area (Å²) in [7, 11) is 0. The van der Waals surface area contributed by atoms with Gasteiger partial charge < -0.3 is 10.3 Å². The highest BCUT2D eigenvalue weighted by Crippen LogP contribution is 2.29. The summed E-state index contributed by atoms with van der Waals surface area (Å²) in [5.41, 5.74) is 7.16. The minimum atomic E-state index is -0.330. The zero-order valence-corrected chi connectivity index (χ0v) is 11.4. The highest BCUT2D eigenvalue weighted by Gasteiger charge is 2.26. The lowest BCUT2D eigenvalue weighted by molar-refractivity contribution is 0.205. The molecule has 0 saturated carbocycles. The van der Waals surface area contributed by atoms with Crippen molar-refractivity contribution in [2.75, 3.05) is 0 Å². The number of imidazole rings is 1. The lowest BCUT2D eigenvalue weighted by atomic mass is 9.81. The maximum atomic E-state index is 6.14. The summed E-state index contributed by atoms with van der Waals surface area (Å²) in [6.07, 6.45) is 3.75. The third kappa shape index (κ3) is 2.85. The van der Waals surface area contributed by atoms with Gasteiger partial charge in [-0.3, -0.25) is 0 Å². The van der Waals surface area contributed by atoms with E-state index in [0.29, 0.717) is 5.92 Å². The third-order valence-electron chi connectivity index (χ3n) is 3.51. The Morgan fingerprint density at radius 2 is 1.88 bits per heavy atom. The minimum absolute atomic E-state index is 0.251. The van der Waals surface area contributed by atoms with E-state index in [9.17, 15) is 0 Å². The molecule has 0 aliphatic rings. The molecular weight excluding hydrogens is 198 g/mol. The smallest absolute Gasteiger partial charge is 0.0948 e. The molecule has 0 fully saturated rings. The fourth-order valence-corrected chi connectivity index (χ4v) is 1.60. The van der Waals surface area contributed by atoms with Gasteiger partial charge in [0, 0.05) is 12.7 Å². The average molecular weight is 223 g/mol. The van der Waals surface area contributed by atoms with Gasteiger partial charge in [0.25, 0.3) is 0 Å². The molecule has 3 heteroatoms. The number of rotatable bonds is 4. The van der Waals surface area contributed by atoms with Crippen LogP contribution in [0, 0.1) is 11.3 Å². The van der Waals surface area contributed by atoms with Crippen molar-refractivity contribution in [3.05, 3.63) is 18.2 Å². The molecule has 0 saturated heterocycles. The summed E-state index contributed by atoms with van der Waals surface area (Å²) in [5, 5.41) is 0. The summed E-state index contributed by atoms with van der Waals surface area (Å²) in [6, 6.07) is 0. The average Bonchev–Trinajstić information content (AvgIpc) is 2.49. The quantitative estimate of drug-likeness (QED) is 0.853. The number of hydrogen-bond donors (Lipinski definition) is 1. The van der Waals surface area contributed by atoms with Gasteiger partial charge in [-0.2, -0.15) is 0 Å². The highest BCUT2D eigenvalue weighted by molar-refractivity contribution is 5.10. The van der Waals surface area contributed by atoms with Crippen molar-refractivity contribution in [1.82, 2.24) is 9.55 Å². The Balaban J connectivity index is 2.95. The van der Waals surface area contributed by atoms with Crippen LogP contribution in [0.5, 0.6) is 0 Å². The van der Waals surface area contributed by atoms with Gasteiger partial charge in [-0.1, -0.05) is 27.7 Å². The Bertz CT molecular complexity index is 342. The number of aromatic nitrogens is 2. The minimum Gasteiger partial charge on any atom is -0.332 e. The molecular formula is C13H25N3. The first kappa shape index (κ1) is 13.2. The first-order chi connectivity index (χ1) is 7.14. The second-order valence-electron chi connectivity index (χ2n) is 6.27. The molecule has 1 aromatic heterocycles. The number of nitrogens with zero attached hydrogens (tertiary/aromatic N) is 2. The molecule has 16 heavy (non-hydrogen) atoms. The second-order valence-corrected chi connectivity index (χ2v) is 6.27. The normalized spacial score (nSPS) is 13.5. The van der Waals surface area contributed by atoms with Crippen LogP contribution in [0.1, 0.15) is 47.2 Å². The maximum absolute atomic E-state index is 6.14. The number of nitrogens with two attached hydrogens (primary N) is 1. The molecule has 0 aliphatic carbocycles. The van der Waals surface area contributed by atoms with Crippen LogP contribution in [-0.2, 0) is 12.1 Å². The van der Waals surface area contributed by atoms with Crippen LogP contribution in [-0.4, -0.2) is 9.55 Å². The summed E-state index contributed by atoms with van der Waals surface area (Å²) >= 11 is 0. The van der Waals surface area contributed by atoms with Gasteiger partial charge in [-0.25, -0.2) is 4.98 Å². The van der Waals surface area contributed by atoms with Crippen molar-refractivity contribution >= 4 is 0 Å². The standard InChI is InChI=1S/C13H25N3/c1-10(2)12(3,4)8-16-9-15-7-11(16)13(5,6)14/h7,9-10H,8,14H2,1-6H3. The zero-order chi connectivity index (χ0) is 12.6. The third-order valence-corrected chi connectivity index (χ3v) is 3.51. The number of hydrogen-bond acceptors (Lipinski definition) is 2. The van der Waals surface area contributed by atoms with Crippen LogP contribution < -0.4 is 5.73 Å². The maximum Gasteiger partial charge on any atom is 0.0948 e. The van der Waals surface area contributed by atoms with E-state index >= 15 is 0 Å². The Hall–Kier alpha value is -0.830. The van der Waals surface area contributed by atoms with Crippen molar-refractivity contribution in [3.8, 4) is 0 Å². The lowest BCUT2D eigenvalue weighted by Crippen LogP contribution is -2.34. The highest BCUT2D eigenvalue weighted by atomic mass is 15.1. The molecule has 0 unspecified atom stereocenters. The van der Waals surface area contributed by atoms with Gasteiger partial charge in [-0.05, 0) is 25.2 Å². The summed E-state index contributed by atoms with van der Waals surface area (Å²) in [5.74, 6) is 0.628. The van der Waals surface area contributed by atoms with Crippen molar-refractivity contribution in [3.63, 3.8) is 0 Å². The van der Waals surface area contributed by atoms with Crippen LogP contribution in [0.4, 0.5) is 0 Å². The molecule has 0 bridgehead atoms. The molecule has 0 atom stereocenters. The van der Waals surface area contributed by atoms with Crippen molar-refractivity contribution in [2.24, 2.45) is 17.1 Å². The first-order valence-corrected chi connectivity index (χ1v) is 5.94. The Morgan fingerprint density at radius 1 is 1.31 bits per heavy atom. The Labute approximate surface area is 99.1 Å². The molecule has 0 amide bonds. The fourth-order valence-electron chi connectivity index (χ4n) is 1.60. The van der Waals surface area contributed by atoms with E-state index in [4.69, 9.17) is 5.73 Å². The monoisotopic (exact) mass is 223 g/mol. The molecule has 0 aromatic carbocycles. The van der Waals surface area contributed by atoms with E-state index in [1.54, 1.807) is 0 Å². The van der Waals surface area contributed by atoms with Crippen molar-refractivity contribution in [2.45, 2.75) is 53.6 Å². The van der Waals surface area contributed by atoms with Gasteiger partial charge in [0.1, 0.15) is 0 Å². The molecule has 0 spiro atoms. The van der Waals surface area contributed by atoms with Gasteiger partial charge in [0.15, 0.2) is 0 Å². The lowest BCUT2D eigenvalue weighted by Gasteiger charge is -2.32. The zero-order valence-electron chi connectivity index (χ0n) is 11.4. The molecule has 0 aliphatic heterocycles. The molecule has 1 rings (SSSR count). The topological polar surface area (TPSA) is 43.8 Å². The van der Waals surface area contributed by atoms with E-state index < -0.39 is 0 Å². The molecule has 1 aromatic rings. The summed E-state index contributed by atoms with van der Waals surface area (Å²) in [4.78, 5) is 4.22. The van der Waals surface area contributed by atoms with Gasteiger partial charge in [0.2, 0.25) is 0 Å². The first-order valence-electron chi connectivity index (χ1n) is 5.94. The molecule has 92 valence electrons. The van der Waals surface area contributed by atoms with E-state index in [1.165, 1.54) is 0 Å². The molecule has 1 heterocycles. The second kappa shape index (κ2) is 4.21. The van der Waals surface area contributed by atoms with Gasteiger partial charge in [-0.15, -0.1) is 0 Å². The van der Waals surface area contributed by atoms with E-state index in [-0.39, 0.29) is 11.0 Å². The van der Waals surface area contributed by atoms with Crippen LogP contribution in [0.2, 0.25) is 0 Å². The Morgan fingerprint density at radius 3 is 2.31 bits per heavy atom. The van der Waals surface area contributed by atoms with Crippen LogP contribution >= 0.6 is 0 Å². The molecule has 0 radical (unpaired) electrons.